The van der Waals surface area contributed by atoms with Crippen LogP contribution < -0.4 is 14.2 Å². The van der Waals surface area contributed by atoms with Crippen LogP contribution in [0.2, 0.25) is 0 Å². The van der Waals surface area contributed by atoms with Gasteiger partial charge in [-0.15, -0.1) is 0 Å². The average molecular weight is 441 g/mol. The van der Waals surface area contributed by atoms with Crippen molar-refractivity contribution in [1.29, 1.82) is 0 Å². The lowest BCUT2D eigenvalue weighted by atomic mass is 9.94. The van der Waals surface area contributed by atoms with E-state index in [0.29, 0.717) is 42.2 Å². The summed E-state index contributed by atoms with van der Waals surface area (Å²) in [4.78, 5) is 27.3. The third-order valence-electron chi connectivity index (χ3n) is 5.26. The molecule has 0 bridgehead atoms. The molecule has 0 saturated carbocycles. The first kappa shape index (κ1) is 23.0. The maximum absolute atomic E-state index is 13.0. The number of benzene rings is 2. The molecular formula is C24H27NO7. The predicted octanol–water partition coefficient (Wildman–Crippen LogP) is 3.64. The lowest BCUT2D eigenvalue weighted by Crippen LogP contribution is -2.30. The van der Waals surface area contributed by atoms with E-state index in [9.17, 15) is 19.8 Å². The van der Waals surface area contributed by atoms with E-state index in [0.717, 1.165) is 0 Å². The molecule has 0 aliphatic carbocycles. The van der Waals surface area contributed by atoms with Crippen LogP contribution in [0.3, 0.4) is 0 Å². The monoisotopic (exact) mass is 441 g/mol. The van der Waals surface area contributed by atoms with Gasteiger partial charge in [0.2, 0.25) is 0 Å². The van der Waals surface area contributed by atoms with Crippen molar-refractivity contribution in [3.05, 3.63) is 53.1 Å². The highest BCUT2D eigenvalue weighted by Gasteiger charge is 2.46. The van der Waals surface area contributed by atoms with Gasteiger partial charge in [-0.1, -0.05) is 13.0 Å². The van der Waals surface area contributed by atoms with E-state index in [4.69, 9.17) is 14.2 Å². The molecule has 0 aromatic heterocycles. The Balaban J connectivity index is 2.20. The standard InChI is InChI=1S/C24H27NO7/c1-5-11-25-21(14-7-9-16(26)18(12-14)32-6-2)20(23(28)24(25)29)22(27)15-8-10-17(30-3)19(13-15)31-4/h7-10,12-13,21,26-27H,5-6,11H2,1-4H3. The number of aromatic hydroxyl groups is 1. The zero-order chi connectivity index (χ0) is 23.4. The number of carbonyl (C=O) groups excluding carboxylic acids is 2. The molecule has 1 unspecified atom stereocenters. The van der Waals surface area contributed by atoms with Crippen molar-refractivity contribution in [2.45, 2.75) is 26.3 Å². The first-order valence-corrected chi connectivity index (χ1v) is 10.3. The van der Waals surface area contributed by atoms with Gasteiger partial charge >= 0.3 is 0 Å². The largest absolute Gasteiger partial charge is 0.507 e. The normalized spacial score (nSPS) is 17.5. The summed E-state index contributed by atoms with van der Waals surface area (Å²) in [7, 11) is 2.96. The maximum atomic E-state index is 13.0. The number of Topliss-reactive ketones (excluding diaryl/α,β-unsaturated/α-hetero) is 1. The predicted molar refractivity (Wildman–Crippen MR) is 118 cm³/mol. The molecule has 0 radical (unpaired) electrons. The van der Waals surface area contributed by atoms with Crippen LogP contribution in [0.25, 0.3) is 5.76 Å². The summed E-state index contributed by atoms with van der Waals surface area (Å²) in [6.07, 6.45) is 0.621. The van der Waals surface area contributed by atoms with Crippen molar-refractivity contribution < 1.29 is 34.0 Å². The van der Waals surface area contributed by atoms with Crippen molar-refractivity contribution in [3.63, 3.8) is 0 Å². The van der Waals surface area contributed by atoms with Crippen LogP contribution in [0, 0.1) is 0 Å². The van der Waals surface area contributed by atoms with Gasteiger partial charge in [-0.3, -0.25) is 9.59 Å². The molecular weight excluding hydrogens is 414 g/mol. The fraction of sp³-hybridized carbons (Fsp3) is 0.333. The molecule has 1 amide bonds. The molecule has 1 aliphatic heterocycles. The van der Waals surface area contributed by atoms with Crippen molar-refractivity contribution >= 4 is 17.4 Å². The molecule has 3 rings (SSSR count). The number of phenols is 1. The lowest BCUT2D eigenvalue weighted by molar-refractivity contribution is -0.139. The van der Waals surface area contributed by atoms with Crippen molar-refractivity contribution in [1.82, 2.24) is 4.90 Å². The number of aliphatic hydroxyl groups is 1. The maximum Gasteiger partial charge on any atom is 0.295 e. The van der Waals surface area contributed by atoms with E-state index in [-0.39, 0.29) is 22.8 Å². The van der Waals surface area contributed by atoms with Crippen LogP contribution in [-0.4, -0.2) is 54.2 Å². The molecule has 0 spiro atoms. The van der Waals surface area contributed by atoms with Gasteiger partial charge < -0.3 is 29.3 Å². The Morgan fingerprint density at radius 1 is 1.00 bits per heavy atom. The number of phenolic OH excluding ortho intramolecular Hbond substituents is 1. The van der Waals surface area contributed by atoms with Gasteiger partial charge in [0.15, 0.2) is 23.0 Å². The summed E-state index contributed by atoms with van der Waals surface area (Å²) in [6, 6.07) is 8.55. The van der Waals surface area contributed by atoms with Gasteiger partial charge in [0, 0.05) is 12.1 Å². The summed E-state index contributed by atoms with van der Waals surface area (Å²) in [5.74, 6) is -0.766. The summed E-state index contributed by atoms with van der Waals surface area (Å²) in [5.41, 5.74) is 0.815. The molecule has 8 nitrogen and oxygen atoms in total. The summed E-state index contributed by atoms with van der Waals surface area (Å²) in [6.45, 7) is 4.33. The highest BCUT2D eigenvalue weighted by Crippen LogP contribution is 2.42. The Kier molecular flexibility index (Phi) is 6.92. The number of rotatable bonds is 8. The summed E-state index contributed by atoms with van der Waals surface area (Å²) >= 11 is 0. The van der Waals surface area contributed by atoms with Gasteiger partial charge in [0.25, 0.3) is 11.7 Å². The molecule has 32 heavy (non-hydrogen) atoms. The number of methoxy groups -OCH3 is 2. The number of ether oxygens (including phenoxy) is 3. The highest BCUT2D eigenvalue weighted by molar-refractivity contribution is 6.46. The SMILES string of the molecule is CCCN1C(=O)C(=O)C(=C(O)c2ccc(OC)c(OC)c2)C1c1ccc(O)c(OCC)c1. The molecule has 1 fully saturated rings. The molecule has 2 aromatic carbocycles. The zero-order valence-corrected chi connectivity index (χ0v) is 18.5. The molecule has 2 aromatic rings. The van der Waals surface area contributed by atoms with Gasteiger partial charge in [0.05, 0.1) is 32.4 Å². The van der Waals surface area contributed by atoms with Gasteiger partial charge in [0.1, 0.15) is 5.76 Å². The van der Waals surface area contributed by atoms with Crippen LogP contribution in [0.15, 0.2) is 42.0 Å². The Hall–Kier alpha value is -3.68. The smallest absolute Gasteiger partial charge is 0.295 e. The fourth-order valence-corrected chi connectivity index (χ4v) is 3.81. The van der Waals surface area contributed by atoms with Crippen molar-refractivity contribution in [2.24, 2.45) is 0 Å². The third-order valence-corrected chi connectivity index (χ3v) is 5.26. The van der Waals surface area contributed by atoms with Gasteiger partial charge in [-0.2, -0.15) is 0 Å². The molecule has 1 heterocycles. The van der Waals surface area contributed by atoms with Gasteiger partial charge in [-0.05, 0) is 49.2 Å². The highest BCUT2D eigenvalue weighted by atomic mass is 16.5. The number of likely N-dealkylation sites (tertiary alicyclic amines) is 1. The minimum absolute atomic E-state index is 0.0381. The van der Waals surface area contributed by atoms with E-state index in [2.05, 4.69) is 0 Å². The van der Waals surface area contributed by atoms with E-state index in [1.807, 2.05) is 6.92 Å². The van der Waals surface area contributed by atoms with Crippen LogP contribution in [-0.2, 0) is 9.59 Å². The van der Waals surface area contributed by atoms with Crippen LogP contribution in [0.5, 0.6) is 23.0 Å². The zero-order valence-electron chi connectivity index (χ0n) is 18.5. The number of nitrogens with zero attached hydrogens (tertiary/aromatic N) is 1. The molecule has 170 valence electrons. The number of hydrogen-bond acceptors (Lipinski definition) is 7. The Morgan fingerprint density at radius 2 is 1.72 bits per heavy atom. The molecule has 1 aliphatic rings. The number of carbonyl (C=O) groups is 2. The molecule has 8 heteroatoms. The third kappa shape index (κ3) is 4.08. The molecule has 1 saturated heterocycles. The summed E-state index contributed by atoms with van der Waals surface area (Å²) < 4.78 is 16.0. The van der Waals surface area contributed by atoms with Crippen LogP contribution >= 0.6 is 0 Å². The van der Waals surface area contributed by atoms with E-state index < -0.39 is 17.7 Å². The van der Waals surface area contributed by atoms with Gasteiger partial charge in [-0.25, -0.2) is 0 Å². The first-order chi connectivity index (χ1) is 15.4. The average Bonchev–Trinajstić information content (AvgIpc) is 3.05. The van der Waals surface area contributed by atoms with Crippen molar-refractivity contribution in [2.75, 3.05) is 27.4 Å². The number of amides is 1. The fourth-order valence-electron chi connectivity index (χ4n) is 3.81. The minimum atomic E-state index is -0.831. The first-order valence-electron chi connectivity index (χ1n) is 10.3. The minimum Gasteiger partial charge on any atom is -0.507 e. The second-order valence-corrected chi connectivity index (χ2v) is 7.22. The van der Waals surface area contributed by atoms with Crippen LogP contribution in [0.1, 0.15) is 37.4 Å². The second-order valence-electron chi connectivity index (χ2n) is 7.22. The van der Waals surface area contributed by atoms with Crippen LogP contribution in [0.4, 0.5) is 0 Å². The number of hydrogen-bond donors (Lipinski definition) is 2. The quantitative estimate of drug-likeness (QED) is 0.366. The van der Waals surface area contributed by atoms with E-state index in [1.165, 1.54) is 25.2 Å². The van der Waals surface area contributed by atoms with E-state index >= 15 is 0 Å². The summed E-state index contributed by atoms with van der Waals surface area (Å²) in [5, 5.41) is 21.2. The topological polar surface area (TPSA) is 106 Å². The Labute approximate surface area is 186 Å². The number of aliphatic hydroxyl groups excluding tert-OH is 1. The lowest BCUT2D eigenvalue weighted by Gasteiger charge is -2.25. The Bertz CT molecular complexity index is 1060. The van der Waals surface area contributed by atoms with Crippen molar-refractivity contribution in [3.8, 4) is 23.0 Å². The number of ketones is 1. The molecule has 2 N–H and O–H groups in total. The van der Waals surface area contributed by atoms with E-state index in [1.54, 1.807) is 37.3 Å². The molecule has 1 atom stereocenters. The second kappa shape index (κ2) is 9.64. The Morgan fingerprint density at radius 3 is 2.34 bits per heavy atom.